The summed E-state index contributed by atoms with van der Waals surface area (Å²) in [6.07, 6.45) is 2.61. The van der Waals surface area contributed by atoms with Gasteiger partial charge in [0.1, 0.15) is 11.4 Å². The average molecular weight is 309 g/mol. The van der Waals surface area contributed by atoms with Crippen molar-refractivity contribution in [1.29, 1.82) is 0 Å². The van der Waals surface area contributed by atoms with Crippen molar-refractivity contribution < 1.29 is 23.9 Å². The minimum absolute atomic E-state index is 0.00884. The predicted molar refractivity (Wildman–Crippen MR) is 80.5 cm³/mol. The SMILES string of the molecule is COCOc1ccc([N+](=O)[O-])cc1/C=C/C(=O)OC(C)(C)C. The Labute approximate surface area is 128 Å². The van der Waals surface area contributed by atoms with Crippen LogP contribution in [0.4, 0.5) is 5.69 Å². The van der Waals surface area contributed by atoms with Crippen molar-refractivity contribution in [3.05, 3.63) is 40.0 Å². The Kier molecular flexibility index (Phi) is 6.06. The summed E-state index contributed by atoms with van der Waals surface area (Å²) in [7, 11) is 1.46. The van der Waals surface area contributed by atoms with Crippen LogP contribution < -0.4 is 4.74 Å². The van der Waals surface area contributed by atoms with Crippen molar-refractivity contribution in [2.24, 2.45) is 0 Å². The standard InChI is InChI=1S/C15H19NO6/c1-15(2,3)22-14(17)8-5-11-9-12(16(18)19)6-7-13(11)21-10-20-4/h5-9H,10H2,1-4H3/b8-5+. The second-order valence-electron chi connectivity index (χ2n) is 5.40. The highest BCUT2D eigenvalue weighted by Gasteiger charge is 2.15. The first-order valence-electron chi connectivity index (χ1n) is 6.54. The number of methoxy groups -OCH3 is 1. The Hall–Kier alpha value is -2.41. The smallest absolute Gasteiger partial charge is 0.331 e. The molecule has 0 spiro atoms. The molecule has 0 saturated carbocycles. The molecule has 0 fully saturated rings. The normalized spacial score (nSPS) is 11.5. The van der Waals surface area contributed by atoms with E-state index >= 15 is 0 Å². The van der Waals surface area contributed by atoms with Gasteiger partial charge < -0.3 is 14.2 Å². The third-order valence-corrected chi connectivity index (χ3v) is 2.34. The summed E-state index contributed by atoms with van der Waals surface area (Å²) in [4.78, 5) is 22.0. The fraction of sp³-hybridized carbons (Fsp3) is 0.400. The van der Waals surface area contributed by atoms with Gasteiger partial charge in [-0.1, -0.05) is 0 Å². The lowest BCUT2D eigenvalue weighted by atomic mass is 10.1. The van der Waals surface area contributed by atoms with Gasteiger partial charge in [0.05, 0.1) is 4.92 Å². The number of hydrogen-bond acceptors (Lipinski definition) is 6. The summed E-state index contributed by atoms with van der Waals surface area (Å²) in [5.74, 6) is -0.177. The molecule has 0 bridgehead atoms. The highest BCUT2D eigenvalue weighted by Crippen LogP contribution is 2.25. The van der Waals surface area contributed by atoms with Crippen LogP contribution in [0, 0.1) is 10.1 Å². The molecule has 0 unspecified atom stereocenters. The Morgan fingerprint density at radius 1 is 1.36 bits per heavy atom. The molecule has 0 aliphatic carbocycles. The monoisotopic (exact) mass is 309 g/mol. The van der Waals surface area contributed by atoms with Crippen molar-refractivity contribution in [1.82, 2.24) is 0 Å². The lowest BCUT2D eigenvalue weighted by Gasteiger charge is -2.18. The minimum Gasteiger partial charge on any atom is -0.467 e. The van der Waals surface area contributed by atoms with E-state index in [2.05, 4.69) is 0 Å². The number of ether oxygens (including phenoxy) is 3. The van der Waals surface area contributed by atoms with Gasteiger partial charge in [-0.15, -0.1) is 0 Å². The number of nitrogens with zero attached hydrogens (tertiary/aromatic N) is 1. The maximum Gasteiger partial charge on any atom is 0.331 e. The van der Waals surface area contributed by atoms with Crippen LogP contribution in [-0.2, 0) is 14.3 Å². The molecule has 1 rings (SSSR count). The average Bonchev–Trinajstić information content (AvgIpc) is 2.41. The van der Waals surface area contributed by atoms with E-state index in [-0.39, 0.29) is 12.5 Å². The van der Waals surface area contributed by atoms with Crippen molar-refractivity contribution in [2.75, 3.05) is 13.9 Å². The number of hydrogen-bond donors (Lipinski definition) is 0. The van der Waals surface area contributed by atoms with Crippen molar-refractivity contribution in [3.63, 3.8) is 0 Å². The van der Waals surface area contributed by atoms with E-state index in [0.717, 1.165) is 0 Å². The summed E-state index contributed by atoms with van der Waals surface area (Å²) in [6, 6.07) is 4.08. The summed E-state index contributed by atoms with van der Waals surface area (Å²) in [5, 5.41) is 10.8. The van der Waals surface area contributed by atoms with Crippen molar-refractivity contribution in [3.8, 4) is 5.75 Å². The number of nitro groups is 1. The molecule has 0 atom stereocenters. The molecule has 1 aromatic rings. The lowest BCUT2D eigenvalue weighted by molar-refractivity contribution is -0.384. The Bertz CT molecular complexity index is 574. The maximum absolute atomic E-state index is 11.7. The molecule has 120 valence electrons. The first-order valence-corrected chi connectivity index (χ1v) is 6.54. The van der Waals surface area contributed by atoms with Gasteiger partial charge in [0.25, 0.3) is 5.69 Å². The lowest BCUT2D eigenvalue weighted by Crippen LogP contribution is -2.22. The number of rotatable bonds is 6. The topological polar surface area (TPSA) is 87.9 Å². The summed E-state index contributed by atoms with van der Waals surface area (Å²) >= 11 is 0. The summed E-state index contributed by atoms with van der Waals surface area (Å²) in [5.41, 5.74) is -0.329. The Morgan fingerprint density at radius 2 is 2.05 bits per heavy atom. The van der Waals surface area contributed by atoms with Crippen LogP contribution in [0.2, 0.25) is 0 Å². The molecule has 1 aromatic carbocycles. The number of carbonyl (C=O) groups is 1. The zero-order valence-corrected chi connectivity index (χ0v) is 13.0. The van der Waals surface area contributed by atoms with E-state index in [9.17, 15) is 14.9 Å². The van der Waals surface area contributed by atoms with Crippen LogP contribution in [0.3, 0.4) is 0 Å². The van der Waals surface area contributed by atoms with Crippen LogP contribution in [0.25, 0.3) is 6.08 Å². The van der Waals surface area contributed by atoms with Gasteiger partial charge in [0, 0.05) is 30.9 Å². The molecule has 0 saturated heterocycles. The van der Waals surface area contributed by atoms with E-state index in [4.69, 9.17) is 14.2 Å². The van der Waals surface area contributed by atoms with Crippen LogP contribution in [0.5, 0.6) is 5.75 Å². The number of esters is 1. The first-order chi connectivity index (χ1) is 10.2. The van der Waals surface area contributed by atoms with E-state index in [1.54, 1.807) is 20.8 Å². The number of benzene rings is 1. The molecule has 0 N–H and O–H groups in total. The molecular weight excluding hydrogens is 290 g/mol. The maximum atomic E-state index is 11.7. The molecule has 7 nitrogen and oxygen atoms in total. The third-order valence-electron chi connectivity index (χ3n) is 2.34. The largest absolute Gasteiger partial charge is 0.467 e. The van der Waals surface area contributed by atoms with E-state index in [1.807, 2.05) is 0 Å². The number of non-ortho nitro benzene ring substituents is 1. The zero-order valence-electron chi connectivity index (χ0n) is 13.0. The van der Waals surface area contributed by atoms with Gasteiger partial charge >= 0.3 is 5.97 Å². The quantitative estimate of drug-likeness (QED) is 0.264. The molecular formula is C15H19NO6. The molecule has 0 amide bonds. The molecule has 0 aliphatic rings. The highest BCUT2D eigenvalue weighted by molar-refractivity contribution is 5.88. The second-order valence-corrected chi connectivity index (χ2v) is 5.40. The third kappa shape index (κ3) is 5.92. The number of nitro benzene ring substituents is 1. The molecule has 0 aliphatic heterocycles. The molecule has 0 radical (unpaired) electrons. The Morgan fingerprint density at radius 3 is 2.59 bits per heavy atom. The van der Waals surface area contributed by atoms with Gasteiger partial charge in [-0.3, -0.25) is 10.1 Å². The van der Waals surface area contributed by atoms with E-state index in [1.165, 1.54) is 37.5 Å². The van der Waals surface area contributed by atoms with Crippen LogP contribution >= 0.6 is 0 Å². The second kappa shape index (κ2) is 7.56. The Balaban J connectivity index is 3.00. The zero-order chi connectivity index (χ0) is 16.8. The van der Waals surface area contributed by atoms with Gasteiger partial charge in [-0.2, -0.15) is 0 Å². The van der Waals surface area contributed by atoms with Gasteiger partial charge in [0.15, 0.2) is 6.79 Å². The highest BCUT2D eigenvalue weighted by atomic mass is 16.7. The molecule has 22 heavy (non-hydrogen) atoms. The van der Waals surface area contributed by atoms with Crippen molar-refractivity contribution in [2.45, 2.75) is 26.4 Å². The van der Waals surface area contributed by atoms with E-state index in [0.29, 0.717) is 11.3 Å². The van der Waals surface area contributed by atoms with Crippen LogP contribution in [0.1, 0.15) is 26.3 Å². The van der Waals surface area contributed by atoms with Crippen LogP contribution in [-0.4, -0.2) is 30.4 Å². The fourth-order valence-corrected chi connectivity index (χ4v) is 1.53. The summed E-state index contributed by atoms with van der Waals surface area (Å²) in [6.45, 7) is 5.24. The van der Waals surface area contributed by atoms with E-state index < -0.39 is 16.5 Å². The van der Waals surface area contributed by atoms with Crippen LogP contribution in [0.15, 0.2) is 24.3 Å². The predicted octanol–water partition coefficient (Wildman–Crippen LogP) is 2.93. The molecule has 0 heterocycles. The fourth-order valence-electron chi connectivity index (χ4n) is 1.53. The molecule has 0 aromatic heterocycles. The number of carbonyl (C=O) groups excluding carboxylic acids is 1. The molecule has 7 heteroatoms. The van der Waals surface area contributed by atoms with Crippen molar-refractivity contribution >= 4 is 17.7 Å². The van der Waals surface area contributed by atoms with Gasteiger partial charge in [0.2, 0.25) is 0 Å². The van der Waals surface area contributed by atoms with Gasteiger partial charge in [-0.25, -0.2) is 4.79 Å². The van der Waals surface area contributed by atoms with Gasteiger partial charge in [-0.05, 0) is 32.9 Å². The minimum atomic E-state index is -0.612. The summed E-state index contributed by atoms with van der Waals surface area (Å²) < 4.78 is 15.2. The first kappa shape index (κ1) is 17.6.